The number of anilines is 3. The molecule has 0 atom stereocenters. The number of nitrogens with zero attached hydrogens (tertiary/aromatic N) is 4. The van der Waals surface area contributed by atoms with E-state index in [0.29, 0.717) is 24.1 Å². The number of piperidine rings is 1. The Labute approximate surface area is 190 Å². The van der Waals surface area contributed by atoms with Gasteiger partial charge in [0.25, 0.3) is 11.5 Å². The van der Waals surface area contributed by atoms with E-state index in [9.17, 15) is 14.4 Å². The van der Waals surface area contributed by atoms with Crippen LogP contribution in [0.4, 0.5) is 17.3 Å². The van der Waals surface area contributed by atoms with Crippen LogP contribution in [0.15, 0.2) is 17.2 Å². The van der Waals surface area contributed by atoms with Crippen molar-refractivity contribution in [2.75, 3.05) is 37.9 Å². The molecule has 2 aromatic rings. The highest BCUT2D eigenvalue weighted by Crippen LogP contribution is 2.36. The van der Waals surface area contributed by atoms with E-state index < -0.39 is 5.66 Å². The Morgan fingerprint density at radius 3 is 2.58 bits per heavy atom. The summed E-state index contributed by atoms with van der Waals surface area (Å²) >= 11 is 0. The summed E-state index contributed by atoms with van der Waals surface area (Å²) in [5, 5.41) is 8.90. The molecule has 33 heavy (non-hydrogen) atoms. The van der Waals surface area contributed by atoms with E-state index in [0.717, 1.165) is 25.9 Å². The number of aryl methyl sites for hydroxylation is 1. The normalized spacial score (nSPS) is 19.2. The topological polar surface area (TPSA) is 130 Å². The van der Waals surface area contributed by atoms with Crippen LogP contribution in [0.2, 0.25) is 0 Å². The lowest BCUT2D eigenvalue weighted by atomic mass is 9.97. The number of carbonyl (C=O) groups excluding carboxylic acids is 2. The molecule has 0 radical (unpaired) electrons. The van der Waals surface area contributed by atoms with Gasteiger partial charge in [-0.1, -0.05) is 0 Å². The minimum absolute atomic E-state index is 0.000787. The monoisotopic (exact) mass is 453 g/mol. The second-order valence-corrected chi connectivity index (χ2v) is 9.01. The number of amides is 2. The summed E-state index contributed by atoms with van der Waals surface area (Å²) in [6.07, 6.45) is 4.30. The van der Waals surface area contributed by atoms with Crippen LogP contribution < -0.4 is 26.2 Å². The van der Waals surface area contributed by atoms with Gasteiger partial charge < -0.3 is 25.6 Å². The Morgan fingerprint density at radius 1 is 1.21 bits per heavy atom. The average molecular weight is 454 g/mol. The summed E-state index contributed by atoms with van der Waals surface area (Å²) in [6, 6.07) is 1.64. The first-order valence-corrected chi connectivity index (χ1v) is 11.1. The predicted octanol–water partition coefficient (Wildman–Crippen LogP) is 1.17. The summed E-state index contributed by atoms with van der Waals surface area (Å²) in [6.45, 7) is 3.35. The zero-order valence-corrected chi connectivity index (χ0v) is 18.9. The van der Waals surface area contributed by atoms with Crippen LogP contribution >= 0.6 is 0 Å². The number of likely N-dealkylation sites (tertiary alicyclic amines) is 1. The average Bonchev–Trinajstić information content (AvgIpc) is 3.59. The number of nitrogens with one attached hydrogen (secondary N) is 3. The lowest BCUT2D eigenvalue weighted by Gasteiger charge is -2.39. The Kier molecular flexibility index (Phi) is 5.08. The van der Waals surface area contributed by atoms with Crippen LogP contribution in [0, 0.1) is 12.8 Å². The van der Waals surface area contributed by atoms with Gasteiger partial charge in [0.1, 0.15) is 23.4 Å². The van der Waals surface area contributed by atoms with Crippen molar-refractivity contribution >= 4 is 29.1 Å². The highest BCUT2D eigenvalue weighted by atomic mass is 16.5. The van der Waals surface area contributed by atoms with Crippen molar-refractivity contribution in [2.24, 2.45) is 5.92 Å². The molecule has 11 nitrogen and oxygen atoms in total. The molecule has 3 aliphatic rings. The van der Waals surface area contributed by atoms with Gasteiger partial charge >= 0.3 is 0 Å². The van der Waals surface area contributed by atoms with Crippen molar-refractivity contribution in [3.05, 3.63) is 34.0 Å². The number of hydrogen-bond donors (Lipinski definition) is 3. The summed E-state index contributed by atoms with van der Waals surface area (Å²) in [5.74, 6) is 0.391. The maximum absolute atomic E-state index is 13.6. The molecule has 1 saturated carbocycles. The van der Waals surface area contributed by atoms with Crippen LogP contribution in [0.5, 0.6) is 5.75 Å². The van der Waals surface area contributed by atoms with Gasteiger partial charge in [-0.05, 0) is 38.4 Å². The first kappa shape index (κ1) is 21.4. The number of carbonyl (C=O) groups is 2. The van der Waals surface area contributed by atoms with Gasteiger partial charge in [-0.15, -0.1) is 0 Å². The number of fused-ring (bicyclic) bond motifs is 2. The van der Waals surface area contributed by atoms with Crippen LogP contribution in [-0.4, -0.2) is 58.5 Å². The molecule has 0 unspecified atom stereocenters. The molecule has 1 spiro atoms. The van der Waals surface area contributed by atoms with Crippen LogP contribution in [0.25, 0.3) is 0 Å². The van der Waals surface area contributed by atoms with Gasteiger partial charge in [0.2, 0.25) is 11.7 Å². The smallest absolute Gasteiger partial charge is 0.276 e. The third-order valence-corrected chi connectivity index (χ3v) is 6.65. The number of rotatable bonds is 5. The minimum Gasteiger partial charge on any atom is -0.490 e. The summed E-state index contributed by atoms with van der Waals surface area (Å²) in [7, 11) is 3.48. The highest BCUT2D eigenvalue weighted by molar-refractivity contribution is 5.97. The van der Waals surface area contributed by atoms with Crippen molar-refractivity contribution in [1.29, 1.82) is 0 Å². The summed E-state index contributed by atoms with van der Waals surface area (Å²) < 4.78 is 7.07. The van der Waals surface area contributed by atoms with Crippen molar-refractivity contribution in [1.82, 2.24) is 24.8 Å². The fourth-order valence-corrected chi connectivity index (χ4v) is 4.62. The van der Waals surface area contributed by atoms with Gasteiger partial charge in [0, 0.05) is 31.8 Å². The molecule has 1 saturated heterocycles. The van der Waals surface area contributed by atoms with E-state index in [2.05, 4.69) is 30.8 Å². The second-order valence-electron chi connectivity index (χ2n) is 9.01. The standard InChI is InChI=1S/C22H27N7O4/c1-12-10-14(21(32)29-15(12)20(31)27-22(29)6-8-28(2)9-7-22)25-17-16(33-3)18(24-11-23-17)26-19(30)13-4-5-13/h10-11,13H,4-9H2,1-3H3,(H,27,31)(H2,23,24,25,26,30). The van der Waals surface area contributed by atoms with Crippen LogP contribution in [0.3, 0.4) is 0 Å². The van der Waals surface area contributed by atoms with E-state index in [1.807, 2.05) is 14.0 Å². The van der Waals surface area contributed by atoms with E-state index >= 15 is 0 Å². The van der Waals surface area contributed by atoms with Gasteiger partial charge in [-0.25, -0.2) is 9.97 Å². The maximum atomic E-state index is 13.6. The Morgan fingerprint density at radius 2 is 1.91 bits per heavy atom. The molecule has 5 rings (SSSR count). The number of hydrogen-bond acceptors (Lipinski definition) is 8. The molecule has 0 bridgehead atoms. The van der Waals surface area contributed by atoms with E-state index in [-0.39, 0.29) is 46.4 Å². The van der Waals surface area contributed by atoms with Gasteiger partial charge in [0.05, 0.1) is 7.11 Å². The highest BCUT2D eigenvalue weighted by Gasteiger charge is 2.46. The van der Waals surface area contributed by atoms with Crippen molar-refractivity contribution in [3.8, 4) is 5.75 Å². The number of methoxy groups -OCH3 is 1. The zero-order chi connectivity index (χ0) is 23.3. The fraction of sp³-hybridized carbons (Fsp3) is 0.500. The third kappa shape index (κ3) is 3.62. The first-order chi connectivity index (χ1) is 15.8. The van der Waals surface area contributed by atoms with E-state index in [1.54, 1.807) is 10.6 Å². The molecule has 2 amide bonds. The molecule has 3 N–H and O–H groups in total. The number of pyridine rings is 1. The third-order valence-electron chi connectivity index (χ3n) is 6.65. The lowest BCUT2D eigenvalue weighted by molar-refractivity contribution is -0.117. The second kappa shape index (κ2) is 7.84. The first-order valence-electron chi connectivity index (χ1n) is 11.1. The largest absolute Gasteiger partial charge is 0.490 e. The fourth-order valence-electron chi connectivity index (χ4n) is 4.62. The molecule has 0 aromatic carbocycles. The van der Waals surface area contributed by atoms with Crippen LogP contribution in [0.1, 0.15) is 41.7 Å². The maximum Gasteiger partial charge on any atom is 0.276 e. The Hall–Kier alpha value is -3.47. The Bertz CT molecular complexity index is 1200. The van der Waals surface area contributed by atoms with Crippen molar-refractivity contribution < 1.29 is 14.3 Å². The van der Waals surface area contributed by atoms with Crippen LogP contribution in [-0.2, 0) is 10.5 Å². The number of ether oxygens (including phenoxy) is 1. The van der Waals surface area contributed by atoms with E-state index in [1.165, 1.54) is 13.4 Å². The lowest BCUT2D eigenvalue weighted by Crippen LogP contribution is -2.53. The van der Waals surface area contributed by atoms with Gasteiger partial charge in [0.15, 0.2) is 11.6 Å². The SMILES string of the molecule is COc1c(NC(=O)C2CC2)ncnc1Nc1cc(C)c2n(c1=O)C1(CCN(C)CC1)NC2=O. The van der Waals surface area contributed by atoms with E-state index in [4.69, 9.17) is 4.74 Å². The molecule has 2 aliphatic heterocycles. The van der Waals surface area contributed by atoms with Gasteiger partial charge in [-0.3, -0.25) is 19.0 Å². The molecular weight excluding hydrogens is 426 g/mol. The minimum atomic E-state index is -0.738. The molecule has 4 heterocycles. The molecule has 11 heteroatoms. The molecule has 1 aliphatic carbocycles. The summed E-state index contributed by atoms with van der Waals surface area (Å²) in [5.41, 5.74) is 0.283. The molecule has 2 fully saturated rings. The van der Waals surface area contributed by atoms with Crippen molar-refractivity contribution in [3.63, 3.8) is 0 Å². The number of aromatic nitrogens is 3. The quantitative estimate of drug-likeness (QED) is 0.615. The predicted molar refractivity (Wildman–Crippen MR) is 121 cm³/mol. The van der Waals surface area contributed by atoms with Gasteiger partial charge in [-0.2, -0.15) is 0 Å². The summed E-state index contributed by atoms with van der Waals surface area (Å²) in [4.78, 5) is 49.2. The Balaban J connectivity index is 1.53. The molecule has 2 aromatic heterocycles. The molecule has 174 valence electrons. The zero-order valence-electron chi connectivity index (χ0n) is 18.9. The van der Waals surface area contributed by atoms with Crippen molar-refractivity contribution in [2.45, 2.75) is 38.3 Å². The molecular formula is C22H27N7O4.